The van der Waals surface area contributed by atoms with Gasteiger partial charge in [0.1, 0.15) is 6.04 Å². The summed E-state index contributed by atoms with van der Waals surface area (Å²) in [6, 6.07) is 26.4. The van der Waals surface area contributed by atoms with E-state index < -0.39 is 11.0 Å². The fourth-order valence-electron chi connectivity index (χ4n) is 4.59. The molecule has 192 valence electrons. The molecule has 1 fully saturated rings. The van der Waals surface area contributed by atoms with Crippen LogP contribution in [0.5, 0.6) is 0 Å². The first kappa shape index (κ1) is 26.4. The summed E-state index contributed by atoms with van der Waals surface area (Å²) >= 11 is 1.32. The van der Waals surface area contributed by atoms with Crippen molar-refractivity contribution in [3.63, 3.8) is 0 Å². The Hall–Kier alpha value is -3.69. The Morgan fingerprint density at radius 3 is 2.05 bits per heavy atom. The highest BCUT2D eigenvalue weighted by molar-refractivity contribution is 7.99. The summed E-state index contributed by atoms with van der Waals surface area (Å²) in [6.45, 7) is 3.88. The van der Waals surface area contributed by atoms with Crippen molar-refractivity contribution in [1.29, 1.82) is 0 Å². The zero-order chi connectivity index (χ0) is 26.2. The monoisotopic (exact) mass is 518 g/mol. The molecule has 0 aromatic heterocycles. The average molecular weight is 519 g/mol. The van der Waals surface area contributed by atoms with Gasteiger partial charge in [0.25, 0.3) is 5.69 Å². The third kappa shape index (κ3) is 6.96. The summed E-state index contributed by atoms with van der Waals surface area (Å²) in [6.07, 6.45) is 0. The van der Waals surface area contributed by atoms with Crippen molar-refractivity contribution in [3.05, 3.63) is 106 Å². The van der Waals surface area contributed by atoms with Gasteiger partial charge in [0.15, 0.2) is 0 Å². The molecular formula is C28H30N4O4S. The van der Waals surface area contributed by atoms with E-state index in [0.717, 1.165) is 0 Å². The largest absolute Gasteiger partial charge is 0.344 e. The molecule has 0 spiro atoms. The third-order valence-electron chi connectivity index (χ3n) is 6.34. The number of benzene rings is 3. The molecule has 0 radical (unpaired) electrons. The summed E-state index contributed by atoms with van der Waals surface area (Å²) in [5.41, 5.74) is 2.41. The fourth-order valence-corrected chi connectivity index (χ4v) is 5.56. The molecule has 1 N–H and O–H groups in total. The number of nitrogens with one attached hydrogen (secondary N) is 1. The number of amides is 2. The minimum Gasteiger partial charge on any atom is -0.344 e. The number of non-ortho nitro benzene ring substituents is 1. The lowest BCUT2D eigenvalue weighted by Crippen LogP contribution is -2.56. The second-order valence-corrected chi connectivity index (χ2v) is 10.00. The van der Waals surface area contributed by atoms with Gasteiger partial charge in [0.05, 0.1) is 11.0 Å². The van der Waals surface area contributed by atoms with Gasteiger partial charge in [-0.15, -0.1) is 11.8 Å². The number of nitrogens with zero attached hydrogens (tertiary/aromatic N) is 3. The highest BCUT2D eigenvalue weighted by Crippen LogP contribution is 2.30. The smallest absolute Gasteiger partial charge is 0.270 e. The molecule has 9 heteroatoms. The number of rotatable bonds is 9. The van der Waals surface area contributed by atoms with E-state index >= 15 is 0 Å². The fraction of sp³-hybridized carbons (Fsp3) is 0.286. The molecule has 1 atom stereocenters. The Kier molecular flexibility index (Phi) is 8.92. The van der Waals surface area contributed by atoms with Crippen molar-refractivity contribution in [2.45, 2.75) is 23.9 Å². The molecule has 4 rings (SSSR count). The Balaban J connectivity index is 1.43. The molecule has 37 heavy (non-hydrogen) atoms. The molecule has 1 saturated heterocycles. The Labute approximate surface area is 220 Å². The standard InChI is InChI=1S/C28H30N4O4S/c1-21(33)29-26(20-37-25-14-8-13-24(19-25)32(35)36)28(34)31-17-15-30(16-18-31)27(22-9-4-2-5-10-22)23-11-6-3-7-12-23/h2-14,19,26-27H,15-18,20H2,1H3,(H,29,33). The quantitative estimate of drug-likeness (QED) is 0.260. The minimum atomic E-state index is -0.715. The predicted molar refractivity (Wildman–Crippen MR) is 144 cm³/mol. The van der Waals surface area contributed by atoms with E-state index in [1.807, 2.05) is 36.4 Å². The van der Waals surface area contributed by atoms with Gasteiger partial charge >= 0.3 is 0 Å². The van der Waals surface area contributed by atoms with E-state index in [2.05, 4.69) is 34.5 Å². The molecular weight excluding hydrogens is 488 g/mol. The summed E-state index contributed by atoms with van der Waals surface area (Å²) in [4.78, 5) is 40.8. The van der Waals surface area contributed by atoms with Crippen molar-refractivity contribution in [1.82, 2.24) is 15.1 Å². The number of thioether (sulfide) groups is 1. The number of carbonyl (C=O) groups is 2. The van der Waals surface area contributed by atoms with Crippen LogP contribution >= 0.6 is 11.8 Å². The van der Waals surface area contributed by atoms with Crippen LogP contribution in [0.2, 0.25) is 0 Å². The molecule has 3 aromatic carbocycles. The topological polar surface area (TPSA) is 95.8 Å². The van der Waals surface area contributed by atoms with Gasteiger partial charge in [0.2, 0.25) is 11.8 Å². The third-order valence-corrected chi connectivity index (χ3v) is 7.43. The lowest BCUT2D eigenvalue weighted by molar-refractivity contribution is -0.385. The summed E-state index contributed by atoms with van der Waals surface area (Å²) in [7, 11) is 0. The van der Waals surface area contributed by atoms with Gasteiger partial charge in [-0.25, -0.2) is 0 Å². The molecule has 2 amide bonds. The second kappa shape index (κ2) is 12.5. The van der Waals surface area contributed by atoms with Crippen molar-refractivity contribution >= 4 is 29.3 Å². The first-order valence-electron chi connectivity index (χ1n) is 12.2. The number of hydrogen-bond donors (Lipinski definition) is 1. The molecule has 1 aliphatic heterocycles. The van der Waals surface area contributed by atoms with Crippen molar-refractivity contribution in [3.8, 4) is 0 Å². The van der Waals surface area contributed by atoms with Crippen LogP contribution in [0, 0.1) is 10.1 Å². The molecule has 1 heterocycles. The van der Waals surface area contributed by atoms with E-state index in [4.69, 9.17) is 0 Å². The van der Waals surface area contributed by atoms with Gasteiger partial charge < -0.3 is 10.2 Å². The Morgan fingerprint density at radius 1 is 0.919 bits per heavy atom. The molecule has 0 saturated carbocycles. The number of nitro groups is 1. The molecule has 3 aromatic rings. The normalized spacial score (nSPS) is 14.8. The molecule has 8 nitrogen and oxygen atoms in total. The number of piperazine rings is 1. The number of nitro benzene ring substituents is 1. The van der Waals surface area contributed by atoms with Crippen LogP contribution in [0.3, 0.4) is 0 Å². The highest BCUT2D eigenvalue weighted by atomic mass is 32.2. The van der Waals surface area contributed by atoms with Crippen molar-refractivity contribution < 1.29 is 14.5 Å². The maximum atomic E-state index is 13.4. The zero-order valence-electron chi connectivity index (χ0n) is 20.7. The van der Waals surface area contributed by atoms with Crippen LogP contribution in [0.1, 0.15) is 24.1 Å². The summed E-state index contributed by atoms with van der Waals surface area (Å²) in [5, 5.41) is 13.9. The van der Waals surface area contributed by atoms with Crippen LogP contribution in [0.25, 0.3) is 0 Å². The van der Waals surface area contributed by atoms with Crippen LogP contribution in [0.4, 0.5) is 5.69 Å². The first-order chi connectivity index (χ1) is 17.9. The van der Waals surface area contributed by atoms with Crippen molar-refractivity contribution in [2.24, 2.45) is 0 Å². The lowest BCUT2D eigenvalue weighted by atomic mass is 9.96. The van der Waals surface area contributed by atoms with Crippen LogP contribution < -0.4 is 5.32 Å². The van der Waals surface area contributed by atoms with Crippen LogP contribution in [0.15, 0.2) is 89.8 Å². The zero-order valence-corrected chi connectivity index (χ0v) is 21.5. The minimum absolute atomic E-state index is 0.00471. The van der Waals surface area contributed by atoms with E-state index in [0.29, 0.717) is 31.1 Å². The second-order valence-electron chi connectivity index (χ2n) is 8.90. The van der Waals surface area contributed by atoms with Crippen LogP contribution in [-0.4, -0.2) is 64.5 Å². The van der Waals surface area contributed by atoms with E-state index in [9.17, 15) is 19.7 Å². The van der Waals surface area contributed by atoms with E-state index in [1.165, 1.54) is 41.9 Å². The van der Waals surface area contributed by atoms with Gasteiger partial charge in [-0.1, -0.05) is 66.7 Å². The summed E-state index contributed by atoms with van der Waals surface area (Å²) in [5.74, 6) is -0.134. The van der Waals surface area contributed by atoms with Gasteiger partial charge in [-0.2, -0.15) is 0 Å². The molecule has 1 aliphatic rings. The van der Waals surface area contributed by atoms with E-state index in [-0.39, 0.29) is 29.3 Å². The van der Waals surface area contributed by atoms with Crippen LogP contribution in [-0.2, 0) is 9.59 Å². The SMILES string of the molecule is CC(=O)NC(CSc1cccc([N+](=O)[O-])c1)C(=O)N1CCN(C(c2ccccc2)c2ccccc2)CC1. The van der Waals surface area contributed by atoms with E-state index in [1.54, 1.807) is 17.0 Å². The number of carbonyl (C=O) groups excluding carboxylic acids is 2. The Morgan fingerprint density at radius 2 is 1.51 bits per heavy atom. The molecule has 0 bridgehead atoms. The maximum absolute atomic E-state index is 13.4. The van der Waals surface area contributed by atoms with Gasteiger partial charge in [0, 0.05) is 55.9 Å². The average Bonchev–Trinajstić information content (AvgIpc) is 2.92. The number of hydrogen-bond acceptors (Lipinski definition) is 6. The Bertz CT molecular complexity index is 1180. The van der Waals surface area contributed by atoms with Gasteiger partial charge in [-0.05, 0) is 17.2 Å². The first-order valence-corrected chi connectivity index (χ1v) is 13.2. The lowest BCUT2D eigenvalue weighted by Gasteiger charge is -2.40. The summed E-state index contributed by atoms with van der Waals surface area (Å²) < 4.78 is 0. The molecule has 0 aliphatic carbocycles. The maximum Gasteiger partial charge on any atom is 0.270 e. The molecule has 1 unspecified atom stereocenters. The predicted octanol–water partition coefficient (Wildman–Crippen LogP) is 4.13. The van der Waals surface area contributed by atoms with Gasteiger partial charge in [-0.3, -0.25) is 24.6 Å². The van der Waals surface area contributed by atoms with Crippen molar-refractivity contribution in [2.75, 3.05) is 31.9 Å². The highest BCUT2D eigenvalue weighted by Gasteiger charge is 2.31.